The molecule has 204 valence electrons. The molecule has 0 saturated heterocycles. The lowest BCUT2D eigenvalue weighted by Crippen LogP contribution is -2.52. The highest BCUT2D eigenvalue weighted by Crippen LogP contribution is 2.44. The SMILES string of the molecule is C[C@@H](OCc1ccccc1)[C@H](NC(=O)CC(C)(C)NC(=O)OCC1c2ccccc2-c2ccccc21)C(=O)O. The summed E-state index contributed by atoms with van der Waals surface area (Å²) >= 11 is 0. The number of carbonyl (C=O) groups is 3. The number of aliphatic carboxylic acids is 1. The Bertz CT molecular complexity index is 1280. The number of alkyl carbamates (subject to hydrolysis) is 1. The molecule has 0 spiro atoms. The Morgan fingerprint density at radius 1 is 0.897 bits per heavy atom. The van der Waals surface area contributed by atoms with E-state index in [0.29, 0.717) is 0 Å². The predicted molar refractivity (Wildman–Crippen MR) is 147 cm³/mol. The number of hydrogen-bond donors (Lipinski definition) is 3. The third-order valence-corrected chi connectivity index (χ3v) is 6.79. The molecule has 1 aliphatic rings. The fourth-order valence-corrected chi connectivity index (χ4v) is 4.86. The van der Waals surface area contributed by atoms with Crippen molar-refractivity contribution in [1.82, 2.24) is 10.6 Å². The summed E-state index contributed by atoms with van der Waals surface area (Å²) in [6.07, 6.45) is -1.57. The van der Waals surface area contributed by atoms with Crippen LogP contribution in [-0.4, -0.2) is 47.4 Å². The van der Waals surface area contributed by atoms with Crippen LogP contribution in [0.3, 0.4) is 0 Å². The molecule has 8 heteroatoms. The zero-order valence-electron chi connectivity index (χ0n) is 22.3. The Labute approximate surface area is 228 Å². The number of carbonyl (C=O) groups excluding carboxylic acids is 2. The molecule has 3 aromatic rings. The van der Waals surface area contributed by atoms with E-state index < -0.39 is 35.7 Å². The lowest BCUT2D eigenvalue weighted by atomic mass is 9.98. The van der Waals surface area contributed by atoms with Gasteiger partial charge in [-0.1, -0.05) is 78.9 Å². The standard InChI is InChI=1S/C31H34N2O6/c1-20(38-18-21-11-5-4-6-12-21)28(29(35)36)32-27(34)17-31(2,3)33-30(37)39-19-26-24-15-9-7-13-22(24)23-14-8-10-16-25(23)26/h4-16,20,26,28H,17-19H2,1-3H3,(H,32,34)(H,33,37)(H,35,36)/t20-,28+/m1/s1. The molecule has 2 amide bonds. The highest BCUT2D eigenvalue weighted by Gasteiger charge is 2.32. The summed E-state index contributed by atoms with van der Waals surface area (Å²) in [4.78, 5) is 37.3. The van der Waals surface area contributed by atoms with Crippen LogP contribution in [0.2, 0.25) is 0 Å². The number of rotatable bonds is 11. The summed E-state index contributed by atoms with van der Waals surface area (Å²) in [6.45, 7) is 5.33. The van der Waals surface area contributed by atoms with Crippen molar-refractivity contribution in [3.63, 3.8) is 0 Å². The number of ether oxygens (including phenoxy) is 2. The normalized spacial score (nSPS) is 14.0. The van der Waals surface area contributed by atoms with E-state index in [-0.39, 0.29) is 25.6 Å². The Morgan fingerprint density at radius 3 is 2.05 bits per heavy atom. The van der Waals surface area contributed by atoms with Gasteiger partial charge >= 0.3 is 12.1 Å². The Hall–Kier alpha value is -4.17. The third kappa shape index (κ3) is 7.03. The zero-order valence-corrected chi connectivity index (χ0v) is 22.3. The first-order valence-corrected chi connectivity index (χ1v) is 13.0. The molecule has 0 radical (unpaired) electrons. The van der Waals surface area contributed by atoms with Gasteiger partial charge in [-0.05, 0) is 48.6 Å². The number of hydrogen-bond acceptors (Lipinski definition) is 5. The predicted octanol–water partition coefficient (Wildman–Crippen LogP) is 4.87. The maximum Gasteiger partial charge on any atom is 0.407 e. The van der Waals surface area contributed by atoms with Crippen molar-refractivity contribution >= 4 is 18.0 Å². The van der Waals surface area contributed by atoms with Crippen molar-refractivity contribution in [2.24, 2.45) is 0 Å². The molecule has 0 unspecified atom stereocenters. The largest absolute Gasteiger partial charge is 0.480 e. The van der Waals surface area contributed by atoms with Crippen LogP contribution in [0.15, 0.2) is 78.9 Å². The van der Waals surface area contributed by atoms with Crippen LogP contribution in [0.25, 0.3) is 11.1 Å². The molecule has 3 aromatic carbocycles. The van der Waals surface area contributed by atoms with Gasteiger partial charge in [0.1, 0.15) is 6.61 Å². The molecule has 0 aliphatic heterocycles. The molecule has 0 bridgehead atoms. The van der Waals surface area contributed by atoms with E-state index in [1.807, 2.05) is 66.7 Å². The number of carboxylic acids is 1. The van der Waals surface area contributed by atoms with E-state index >= 15 is 0 Å². The number of fused-ring (bicyclic) bond motifs is 3. The maximum absolute atomic E-state index is 12.8. The van der Waals surface area contributed by atoms with Crippen LogP contribution in [0.1, 0.15) is 49.8 Å². The average molecular weight is 531 g/mol. The van der Waals surface area contributed by atoms with Gasteiger partial charge in [-0.3, -0.25) is 4.79 Å². The topological polar surface area (TPSA) is 114 Å². The first-order valence-electron chi connectivity index (χ1n) is 13.0. The lowest BCUT2D eigenvalue weighted by molar-refractivity contribution is -0.146. The molecule has 0 aromatic heterocycles. The van der Waals surface area contributed by atoms with Crippen LogP contribution >= 0.6 is 0 Å². The second-order valence-electron chi connectivity index (χ2n) is 10.4. The highest BCUT2D eigenvalue weighted by atomic mass is 16.5. The maximum atomic E-state index is 12.8. The van der Waals surface area contributed by atoms with Crippen LogP contribution in [0, 0.1) is 0 Å². The van der Waals surface area contributed by atoms with Gasteiger partial charge in [0.15, 0.2) is 6.04 Å². The molecular weight excluding hydrogens is 496 g/mol. The van der Waals surface area contributed by atoms with Gasteiger partial charge in [-0.2, -0.15) is 0 Å². The van der Waals surface area contributed by atoms with Gasteiger partial charge in [0, 0.05) is 17.9 Å². The number of amides is 2. The van der Waals surface area contributed by atoms with E-state index in [4.69, 9.17) is 9.47 Å². The first-order chi connectivity index (χ1) is 18.6. The molecule has 0 saturated carbocycles. The average Bonchev–Trinajstić information content (AvgIpc) is 3.22. The van der Waals surface area contributed by atoms with E-state index in [1.54, 1.807) is 20.8 Å². The fraction of sp³-hybridized carbons (Fsp3) is 0.323. The minimum absolute atomic E-state index is 0.0803. The molecular formula is C31H34N2O6. The number of nitrogens with one attached hydrogen (secondary N) is 2. The van der Waals surface area contributed by atoms with Crippen LogP contribution in [0.5, 0.6) is 0 Å². The molecule has 8 nitrogen and oxygen atoms in total. The van der Waals surface area contributed by atoms with Crippen molar-refractivity contribution in [1.29, 1.82) is 0 Å². The van der Waals surface area contributed by atoms with Crippen LogP contribution < -0.4 is 10.6 Å². The van der Waals surface area contributed by atoms with Gasteiger partial charge in [-0.25, -0.2) is 9.59 Å². The quantitative estimate of drug-likeness (QED) is 0.326. The van der Waals surface area contributed by atoms with Gasteiger partial charge in [0.2, 0.25) is 5.91 Å². The van der Waals surface area contributed by atoms with Crippen LogP contribution in [0.4, 0.5) is 4.79 Å². The second kappa shape index (κ2) is 12.1. The number of benzene rings is 3. The fourth-order valence-electron chi connectivity index (χ4n) is 4.86. The molecule has 3 N–H and O–H groups in total. The van der Waals surface area contributed by atoms with Gasteiger partial charge in [0.05, 0.1) is 12.7 Å². The summed E-state index contributed by atoms with van der Waals surface area (Å²) in [5, 5.41) is 14.9. The Morgan fingerprint density at radius 2 is 1.46 bits per heavy atom. The Kier molecular flexibility index (Phi) is 8.66. The first kappa shape index (κ1) is 27.9. The molecule has 39 heavy (non-hydrogen) atoms. The molecule has 0 heterocycles. The van der Waals surface area contributed by atoms with Crippen molar-refractivity contribution < 1.29 is 29.0 Å². The molecule has 2 atom stereocenters. The summed E-state index contributed by atoms with van der Waals surface area (Å²) < 4.78 is 11.3. The molecule has 1 aliphatic carbocycles. The Balaban J connectivity index is 1.29. The minimum atomic E-state index is -1.24. The highest BCUT2D eigenvalue weighted by molar-refractivity contribution is 5.85. The van der Waals surface area contributed by atoms with E-state index in [1.165, 1.54) is 0 Å². The third-order valence-electron chi connectivity index (χ3n) is 6.79. The van der Waals surface area contributed by atoms with E-state index in [9.17, 15) is 19.5 Å². The summed E-state index contributed by atoms with van der Waals surface area (Å²) in [7, 11) is 0. The van der Waals surface area contributed by atoms with E-state index in [0.717, 1.165) is 27.8 Å². The monoisotopic (exact) mass is 530 g/mol. The van der Waals surface area contributed by atoms with Gasteiger partial charge in [0.25, 0.3) is 0 Å². The zero-order chi connectivity index (χ0) is 28.0. The van der Waals surface area contributed by atoms with Gasteiger partial charge < -0.3 is 25.2 Å². The van der Waals surface area contributed by atoms with Gasteiger partial charge in [-0.15, -0.1) is 0 Å². The summed E-state index contributed by atoms with van der Waals surface area (Å²) in [5.74, 6) is -1.81. The minimum Gasteiger partial charge on any atom is -0.480 e. The van der Waals surface area contributed by atoms with Crippen molar-refractivity contribution in [3.05, 3.63) is 95.6 Å². The summed E-state index contributed by atoms with van der Waals surface area (Å²) in [6, 6.07) is 24.2. The van der Waals surface area contributed by atoms with Crippen molar-refractivity contribution in [2.45, 2.75) is 57.4 Å². The van der Waals surface area contributed by atoms with Crippen molar-refractivity contribution in [2.75, 3.05) is 6.61 Å². The second-order valence-corrected chi connectivity index (χ2v) is 10.4. The van der Waals surface area contributed by atoms with Crippen molar-refractivity contribution in [3.8, 4) is 11.1 Å². The van der Waals surface area contributed by atoms with E-state index in [2.05, 4.69) is 22.8 Å². The smallest absolute Gasteiger partial charge is 0.407 e. The number of carboxylic acid groups (broad SMARTS) is 1. The molecule has 4 rings (SSSR count). The lowest BCUT2D eigenvalue weighted by Gasteiger charge is -2.28. The van der Waals surface area contributed by atoms with Crippen LogP contribution in [-0.2, 0) is 25.7 Å². The molecule has 0 fully saturated rings. The summed E-state index contributed by atoms with van der Waals surface area (Å²) in [5.41, 5.74) is 4.39.